The third-order valence-electron chi connectivity index (χ3n) is 4.57. The van der Waals surface area contributed by atoms with E-state index in [4.69, 9.17) is 4.74 Å². The van der Waals surface area contributed by atoms with Crippen LogP contribution >= 0.6 is 0 Å². The lowest BCUT2D eigenvalue weighted by molar-refractivity contribution is -0.101. The van der Waals surface area contributed by atoms with Gasteiger partial charge in [0.05, 0.1) is 18.3 Å². The number of rotatable bonds is 2. The molecule has 1 aromatic carbocycles. The molecule has 1 aliphatic carbocycles. The lowest BCUT2D eigenvalue weighted by Crippen LogP contribution is -2.37. The van der Waals surface area contributed by atoms with Crippen molar-refractivity contribution >= 4 is 0 Å². The molecule has 0 radical (unpaired) electrons. The summed E-state index contributed by atoms with van der Waals surface area (Å²) in [5, 5.41) is 10.7. The molecule has 2 aliphatic rings. The van der Waals surface area contributed by atoms with Gasteiger partial charge < -0.3 is 9.84 Å². The van der Waals surface area contributed by atoms with Gasteiger partial charge in [0.1, 0.15) is 0 Å². The van der Waals surface area contributed by atoms with Gasteiger partial charge in [-0.15, -0.1) is 0 Å². The Morgan fingerprint density at radius 1 is 1.22 bits per heavy atom. The van der Waals surface area contributed by atoms with E-state index in [1.165, 1.54) is 24.8 Å². The topological polar surface area (TPSA) is 29.5 Å². The van der Waals surface area contributed by atoms with Crippen LogP contribution in [0.15, 0.2) is 24.3 Å². The molecule has 1 saturated heterocycles. The minimum absolute atomic E-state index is 0.148. The first-order valence-corrected chi connectivity index (χ1v) is 7.12. The van der Waals surface area contributed by atoms with Crippen molar-refractivity contribution in [1.29, 1.82) is 0 Å². The zero-order chi connectivity index (χ0) is 12.6. The molecule has 1 heterocycles. The normalized spacial score (nSPS) is 33.1. The Labute approximate surface area is 109 Å². The van der Waals surface area contributed by atoms with Gasteiger partial charge in [-0.1, -0.05) is 30.7 Å². The Bertz CT molecular complexity index is 408. The van der Waals surface area contributed by atoms with Crippen LogP contribution in [-0.4, -0.2) is 17.8 Å². The zero-order valence-corrected chi connectivity index (χ0v) is 11.1. The maximum atomic E-state index is 10.7. The van der Waals surface area contributed by atoms with Crippen molar-refractivity contribution < 1.29 is 9.84 Å². The molecule has 98 valence electrons. The third-order valence-corrected chi connectivity index (χ3v) is 4.57. The predicted molar refractivity (Wildman–Crippen MR) is 71.6 cm³/mol. The molecule has 2 heteroatoms. The molecule has 1 saturated carbocycles. The van der Waals surface area contributed by atoms with E-state index >= 15 is 0 Å². The first kappa shape index (κ1) is 12.2. The lowest BCUT2D eigenvalue weighted by Gasteiger charge is -2.36. The standard InChI is InChI=1S/C16H22O2/c1-12-11-16(17,9-10-18-12)15-7-5-14(6-8-15)13-3-2-4-13/h5-8,12-13,17H,2-4,9-11H2,1H3. The number of aliphatic hydroxyl groups is 1. The second kappa shape index (κ2) is 4.67. The van der Waals surface area contributed by atoms with Gasteiger partial charge in [0, 0.05) is 12.8 Å². The van der Waals surface area contributed by atoms with Gasteiger partial charge in [0.15, 0.2) is 0 Å². The molecule has 2 fully saturated rings. The molecule has 0 spiro atoms. The van der Waals surface area contributed by atoms with E-state index in [0.717, 1.165) is 11.5 Å². The predicted octanol–water partition coefficient (Wildman–Crippen LogP) is 3.34. The van der Waals surface area contributed by atoms with Gasteiger partial charge in [-0.2, -0.15) is 0 Å². The summed E-state index contributed by atoms with van der Waals surface area (Å²) in [4.78, 5) is 0. The van der Waals surface area contributed by atoms with Gasteiger partial charge in [-0.3, -0.25) is 0 Å². The Kier molecular flexibility index (Phi) is 3.16. The van der Waals surface area contributed by atoms with Crippen LogP contribution in [0, 0.1) is 0 Å². The smallest absolute Gasteiger partial charge is 0.0943 e. The van der Waals surface area contributed by atoms with Crippen molar-refractivity contribution in [3.8, 4) is 0 Å². The molecule has 0 amide bonds. The summed E-state index contributed by atoms with van der Waals surface area (Å²) in [6.07, 6.45) is 5.58. The molecule has 0 aromatic heterocycles. The molecular weight excluding hydrogens is 224 g/mol. The third kappa shape index (κ3) is 2.19. The molecule has 1 aliphatic heterocycles. The van der Waals surface area contributed by atoms with Gasteiger partial charge in [-0.25, -0.2) is 0 Å². The number of hydrogen-bond acceptors (Lipinski definition) is 2. The number of ether oxygens (including phenoxy) is 1. The van der Waals surface area contributed by atoms with Crippen LogP contribution in [0.2, 0.25) is 0 Å². The molecule has 3 rings (SSSR count). The van der Waals surface area contributed by atoms with Crippen molar-refractivity contribution in [3.63, 3.8) is 0 Å². The van der Waals surface area contributed by atoms with Crippen LogP contribution in [0.3, 0.4) is 0 Å². The SMILES string of the molecule is CC1CC(O)(c2ccc(C3CCC3)cc2)CCO1. The summed E-state index contributed by atoms with van der Waals surface area (Å²) >= 11 is 0. The Balaban J connectivity index is 1.78. The molecule has 2 atom stereocenters. The van der Waals surface area contributed by atoms with Gasteiger partial charge in [-0.05, 0) is 36.8 Å². The Hall–Kier alpha value is -0.860. The molecule has 2 nitrogen and oxygen atoms in total. The van der Waals surface area contributed by atoms with E-state index in [1.54, 1.807) is 0 Å². The van der Waals surface area contributed by atoms with Crippen molar-refractivity contribution in [1.82, 2.24) is 0 Å². The zero-order valence-electron chi connectivity index (χ0n) is 11.1. The summed E-state index contributed by atoms with van der Waals surface area (Å²) in [5.41, 5.74) is 1.81. The van der Waals surface area contributed by atoms with E-state index in [1.807, 2.05) is 6.92 Å². The van der Waals surface area contributed by atoms with Gasteiger partial charge in [0.25, 0.3) is 0 Å². The van der Waals surface area contributed by atoms with E-state index in [2.05, 4.69) is 24.3 Å². The first-order chi connectivity index (χ1) is 8.67. The fraction of sp³-hybridized carbons (Fsp3) is 0.625. The lowest BCUT2D eigenvalue weighted by atomic mass is 9.78. The Morgan fingerprint density at radius 3 is 2.50 bits per heavy atom. The first-order valence-electron chi connectivity index (χ1n) is 7.12. The Morgan fingerprint density at radius 2 is 1.94 bits per heavy atom. The number of hydrogen-bond donors (Lipinski definition) is 1. The largest absolute Gasteiger partial charge is 0.385 e. The highest BCUT2D eigenvalue weighted by atomic mass is 16.5. The van der Waals surface area contributed by atoms with Crippen LogP contribution < -0.4 is 0 Å². The van der Waals surface area contributed by atoms with Crippen LogP contribution in [0.25, 0.3) is 0 Å². The minimum atomic E-state index is -0.685. The summed E-state index contributed by atoms with van der Waals surface area (Å²) in [6.45, 7) is 2.69. The van der Waals surface area contributed by atoms with Crippen molar-refractivity contribution in [3.05, 3.63) is 35.4 Å². The average molecular weight is 246 g/mol. The fourth-order valence-electron chi connectivity index (χ4n) is 3.13. The van der Waals surface area contributed by atoms with E-state index < -0.39 is 5.60 Å². The minimum Gasteiger partial charge on any atom is -0.385 e. The second-order valence-corrected chi connectivity index (χ2v) is 5.92. The summed E-state index contributed by atoms with van der Waals surface area (Å²) in [6, 6.07) is 8.64. The maximum absolute atomic E-state index is 10.7. The van der Waals surface area contributed by atoms with Crippen LogP contribution in [0.1, 0.15) is 56.1 Å². The van der Waals surface area contributed by atoms with Gasteiger partial charge >= 0.3 is 0 Å². The van der Waals surface area contributed by atoms with E-state index in [0.29, 0.717) is 19.4 Å². The van der Waals surface area contributed by atoms with Gasteiger partial charge in [0.2, 0.25) is 0 Å². The highest BCUT2D eigenvalue weighted by Crippen LogP contribution is 2.38. The van der Waals surface area contributed by atoms with E-state index in [-0.39, 0.29) is 6.10 Å². The van der Waals surface area contributed by atoms with Crippen molar-refractivity contribution in [2.75, 3.05) is 6.61 Å². The van der Waals surface area contributed by atoms with Crippen LogP contribution in [-0.2, 0) is 10.3 Å². The molecule has 2 unspecified atom stereocenters. The highest BCUT2D eigenvalue weighted by molar-refractivity contribution is 5.30. The summed E-state index contributed by atoms with van der Waals surface area (Å²) < 4.78 is 5.52. The summed E-state index contributed by atoms with van der Waals surface area (Å²) in [5.74, 6) is 0.766. The molecule has 1 aromatic rings. The molecule has 18 heavy (non-hydrogen) atoms. The number of benzene rings is 1. The van der Waals surface area contributed by atoms with Crippen molar-refractivity contribution in [2.45, 2.75) is 56.7 Å². The van der Waals surface area contributed by atoms with Crippen molar-refractivity contribution in [2.24, 2.45) is 0 Å². The fourth-order valence-corrected chi connectivity index (χ4v) is 3.13. The molecule has 0 bridgehead atoms. The summed E-state index contributed by atoms with van der Waals surface area (Å²) in [7, 11) is 0. The molecule has 1 N–H and O–H groups in total. The maximum Gasteiger partial charge on any atom is 0.0943 e. The second-order valence-electron chi connectivity index (χ2n) is 5.92. The average Bonchev–Trinajstić information content (AvgIpc) is 2.27. The van der Waals surface area contributed by atoms with Crippen LogP contribution in [0.4, 0.5) is 0 Å². The quantitative estimate of drug-likeness (QED) is 0.867. The molecular formula is C16H22O2. The highest BCUT2D eigenvalue weighted by Gasteiger charge is 2.35. The van der Waals surface area contributed by atoms with E-state index in [9.17, 15) is 5.11 Å². The van der Waals surface area contributed by atoms with Crippen LogP contribution in [0.5, 0.6) is 0 Å². The monoisotopic (exact) mass is 246 g/mol.